The standard InChI is InChI=1S/C29H30BrN5O/c1-20(21-7-3-2-4-8-21)31-29(36)34-17-23-15-33(16-24(23)18-34)19-26-28(22-10-12-25(30)13-11-22)32-27-9-5-6-14-35(26)27/h2-14,20,23-24H,15-19H2,1H3,(H,31,36). The fraction of sp³-hybridized carbons (Fsp3) is 0.310. The van der Waals surface area contributed by atoms with Crippen LogP contribution >= 0.6 is 15.9 Å². The Bertz CT molecular complexity index is 1360. The SMILES string of the molecule is CC(NC(=O)N1CC2CN(Cc3c(-c4ccc(Br)cc4)nc4ccccn34)CC2C1)c1ccccc1. The minimum absolute atomic E-state index is 0.00261. The third-order valence-corrected chi connectivity index (χ3v) is 8.14. The average Bonchev–Trinajstić information content (AvgIpc) is 3.57. The first kappa shape index (κ1) is 23.3. The number of aromatic nitrogens is 2. The number of fused-ring (bicyclic) bond motifs is 2. The summed E-state index contributed by atoms with van der Waals surface area (Å²) in [5.74, 6) is 1.02. The highest BCUT2D eigenvalue weighted by atomic mass is 79.9. The molecule has 0 spiro atoms. The Labute approximate surface area is 220 Å². The summed E-state index contributed by atoms with van der Waals surface area (Å²) < 4.78 is 3.28. The third kappa shape index (κ3) is 4.53. The average molecular weight is 544 g/mol. The van der Waals surface area contributed by atoms with Crippen molar-refractivity contribution in [3.8, 4) is 11.3 Å². The van der Waals surface area contributed by atoms with Crippen molar-refractivity contribution in [2.45, 2.75) is 19.5 Å². The van der Waals surface area contributed by atoms with Crippen LogP contribution in [0.15, 0.2) is 83.5 Å². The molecule has 4 heterocycles. The fourth-order valence-corrected chi connectivity index (χ4v) is 6.00. The molecule has 36 heavy (non-hydrogen) atoms. The number of pyridine rings is 1. The number of amides is 2. The van der Waals surface area contributed by atoms with E-state index in [1.165, 1.54) is 5.69 Å². The third-order valence-electron chi connectivity index (χ3n) is 7.61. The minimum Gasteiger partial charge on any atom is -0.331 e. The predicted molar refractivity (Wildman–Crippen MR) is 146 cm³/mol. The lowest BCUT2D eigenvalue weighted by Gasteiger charge is -2.24. The van der Waals surface area contributed by atoms with Crippen molar-refractivity contribution in [3.05, 3.63) is 94.7 Å². The van der Waals surface area contributed by atoms with Crippen molar-refractivity contribution in [3.63, 3.8) is 0 Å². The van der Waals surface area contributed by atoms with E-state index in [2.05, 4.69) is 85.3 Å². The number of rotatable bonds is 5. The summed E-state index contributed by atoms with van der Waals surface area (Å²) in [5.41, 5.74) is 5.50. The van der Waals surface area contributed by atoms with Crippen LogP contribution in [0.2, 0.25) is 0 Å². The monoisotopic (exact) mass is 543 g/mol. The summed E-state index contributed by atoms with van der Waals surface area (Å²) in [5, 5.41) is 3.18. The molecule has 6 rings (SSSR count). The van der Waals surface area contributed by atoms with Gasteiger partial charge >= 0.3 is 6.03 Å². The first-order valence-electron chi connectivity index (χ1n) is 12.6. The topological polar surface area (TPSA) is 52.9 Å². The molecule has 2 amide bonds. The first-order valence-corrected chi connectivity index (χ1v) is 13.4. The predicted octanol–water partition coefficient (Wildman–Crippen LogP) is 5.60. The van der Waals surface area contributed by atoms with Crippen LogP contribution in [-0.2, 0) is 6.54 Å². The van der Waals surface area contributed by atoms with Crippen LogP contribution in [0.3, 0.4) is 0 Å². The van der Waals surface area contributed by atoms with Crippen LogP contribution in [0, 0.1) is 11.8 Å². The summed E-state index contributed by atoms with van der Waals surface area (Å²) in [6.45, 7) is 6.54. The highest BCUT2D eigenvalue weighted by Crippen LogP contribution is 2.34. The minimum atomic E-state index is 0.00261. The second kappa shape index (κ2) is 9.71. The van der Waals surface area contributed by atoms with E-state index in [0.29, 0.717) is 11.8 Å². The lowest BCUT2D eigenvalue weighted by Crippen LogP contribution is -2.41. The molecule has 0 saturated carbocycles. The molecular weight excluding hydrogens is 514 g/mol. The van der Waals surface area contributed by atoms with Gasteiger partial charge in [-0.3, -0.25) is 4.90 Å². The number of benzene rings is 2. The fourth-order valence-electron chi connectivity index (χ4n) is 5.74. The van der Waals surface area contributed by atoms with E-state index >= 15 is 0 Å². The van der Waals surface area contributed by atoms with Gasteiger partial charge in [0.05, 0.1) is 17.4 Å². The number of hydrogen-bond acceptors (Lipinski definition) is 3. The molecule has 1 N–H and O–H groups in total. The lowest BCUT2D eigenvalue weighted by atomic mass is 10.0. The molecule has 184 valence electrons. The molecule has 7 heteroatoms. The number of nitrogens with one attached hydrogen (secondary N) is 1. The van der Waals surface area contributed by atoms with Crippen molar-refractivity contribution in [2.75, 3.05) is 26.2 Å². The van der Waals surface area contributed by atoms with Crippen LogP contribution in [0.25, 0.3) is 16.9 Å². The summed E-state index contributed by atoms with van der Waals surface area (Å²) >= 11 is 3.54. The molecule has 4 aromatic rings. The quantitative estimate of drug-likeness (QED) is 0.356. The van der Waals surface area contributed by atoms with E-state index in [4.69, 9.17) is 4.98 Å². The summed E-state index contributed by atoms with van der Waals surface area (Å²) in [6.07, 6.45) is 2.11. The molecule has 2 aliphatic heterocycles. The largest absolute Gasteiger partial charge is 0.331 e. The van der Waals surface area contributed by atoms with E-state index in [1.54, 1.807) is 0 Å². The van der Waals surface area contributed by atoms with Gasteiger partial charge < -0.3 is 14.6 Å². The summed E-state index contributed by atoms with van der Waals surface area (Å²) in [7, 11) is 0. The molecule has 2 aliphatic rings. The number of nitrogens with zero attached hydrogens (tertiary/aromatic N) is 4. The molecule has 0 radical (unpaired) electrons. The van der Waals surface area contributed by atoms with Gasteiger partial charge in [0.2, 0.25) is 0 Å². The Kier molecular flexibility index (Phi) is 6.27. The maximum absolute atomic E-state index is 13.0. The first-order chi connectivity index (χ1) is 17.5. The van der Waals surface area contributed by atoms with Gasteiger partial charge in [0.15, 0.2) is 0 Å². The Morgan fingerprint density at radius 1 is 0.972 bits per heavy atom. The molecule has 0 aliphatic carbocycles. The normalized spacial score (nSPS) is 20.6. The van der Waals surface area contributed by atoms with Crippen molar-refractivity contribution >= 4 is 27.6 Å². The zero-order chi connectivity index (χ0) is 24.6. The Hall–Kier alpha value is -3.16. The zero-order valence-corrected chi connectivity index (χ0v) is 21.9. The van der Waals surface area contributed by atoms with Crippen molar-refractivity contribution in [1.29, 1.82) is 0 Å². The van der Waals surface area contributed by atoms with Crippen LogP contribution < -0.4 is 5.32 Å². The molecule has 2 aromatic heterocycles. The number of halogens is 1. The van der Waals surface area contributed by atoms with Gasteiger partial charge in [-0.25, -0.2) is 9.78 Å². The molecular formula is C29H30BrN5O. The maximum atomic E-state index is 13.0. The van der Waals surface area contributed by atoms with Crippen LogP contribution in [-0.4, -0.2) is 51.4 Å². The number of urea groups is 1. The number of hydrogen-bond donors (Lipinski definition) is 1. The summed E-state index contributed by atoms with van der Waals surface area (Å²) in [4.78, 5) is 22.5. The van der Waals surface area contributed by atoms with E-state index in [-0.39, 0.29) is 12.1 Å². The zero-order valence-electron chi connectivity index (χ0n) is 20.3. The molecule has 2 aromatic carbocycles. The lowest BCUT2D eigenvalue weighted by molar-refractivity contribution is 0.195. The Balaban J connectivity index is 1.13. The van der Waals surface area contributed by atoms with E-state index < -0.39 is 0 Å². The van der Waals surface area contributed by atoms with Crippen LogP contribution in [0.5, 0.6) is 0 Å². The van der Waals surface area contributed by atoms with Crippen molar-refractivity contribution in [1.82, 2.24) is 24.5 Å². The highest BCUT2D eigenvalue weighted by molar-refractivity contribution is 9.10. The Morgan fingerprint density at radius 2 is 1.67 bits per heavy atom. The number of carbonyl (C=O) groups is 1. The highest BCUT2D eigenvalue weighted by Gasteiger charge is 2.42. The van der Waals surface area contributed by atoms with Gasteiger partial charge in [-0.05, 0) is 48.6 Å². The van der Waals surface area contributed by atoms with Crippen molar-refractivity contribution < 1.29 is 4.79 Å². The van der Waals surface area contributed by atoms with E-state index in [9.17, 15) is 4.79 Å². The smallest absolute Gasteiger partial charge is 0.317 e. The maximum Gasteiger partial charge on any atom is 0.317 e. The van der Waals surface area contributed by atoms with Crippen molar-refractivity contribution in [2.24, 2.45) is 11.8 Å². The molecule has 3 unspecified atom stereocenters. The Morgan fingerprint density at radius 3 is 2.39 bits per heavy atom. The van der Waals surface area contributed by atoms with Gasteiger partial charge in [0.1, 0.15) is 5.65 Å². The van der Waals surface area contributed by atoms with E-state index in [0.717, 1.165) is 59.7 Å². The number of likely N-dealkylation sites (tertiary alicyclic amines) is 2. The van der Waals surface area contributed by atoms with Gasteiger partial charge in [-0.15, -0.1) is 0 Å². The molecule has 6 nitrogen and oxygen atoms in total. The number of imidazole rings is 1. The second-order valence-corrected chi connectivity index (χ2v) is 11.0. The van der Waals surface area contributed by atoms with Gasteiger partial charge in [-0.1, -0.05) is 64.5 Å². The van der Waals surface area contributed by atoms with Crippen LogP contribution in [0.4, 0.5) is 4.79 Å². The second-order valence-electron chi connectivity index (χ2n) is 10.0. The number of carbonyl (C=O) groups excluding carboxylic acids is 1. The van der Waals surface area contributed by atoms with E-state index in [1.807, 2.05) is 36.1 Å². The van der Waals surface area contributed by atoms with Gasteiger partial charge in [-0.2, -0.15) is 0 Å². The molecule has 2 fully saturated rings. The van der Waals surface area contributed by atoms with Gasteiger partial charge in [0.25, 0.3) is 0 Å². The molecule has 0 bridgehead atoms. The summed E-state index contributed by atoms with van der Waals surface area (Å²) in [6, 6.07) is 24.8. The molecule has 2 saturated heterocycles. The van der Waals surface area contributed by atoms with Crippen LogP contribution in [0.1, 0.15) is 24.2 Å². The molecule has 3 atom stereocenters. The van der Waals surface area contributed by atoms with Gasteiger partial charge in [0, 0.05) is 49.0 Å².